The average Bonchev–Trinajstić information content (AvgIpc) is 2.43. The van der Waals surface area contributed by atoms with Crippen molar-refractivity contribution in [2.75, 3.05) is 17.2 Å². The van der Waals surface area contributed by atoms with Crippen LogP contribution in [-0.4, -0.2) is 16.5 Å². The number of benzene rings is 1. The third kappa shape index (κ3) is 3.66. The maximum Gasteiger partial charge on any atom is 0.224 e. The third-order valence-corrected chi connectivity index (χ3v) is 3.22. The van der Waals surface area contributed by atoms with Gasteiger partial charge in [0.1, 0.15) is 0 Å². The van der Waals surface area contributed by atoms with Gasteiger partial charge in [-0.2, -0.15) is 4.98 Å². The first-order chi connectivity index (χ1) is 9.60. The molecule has 0 atom stereocenters. The van der Waals surface area contributed by atoms with Crippen molar-refractivity contribution in [3.8, 4) is 0 Å². The number of anilines is 3. The third-order valence-electron chi connectivity index (χ3n) is 2.73. The average molecular weight is 339 g/mol. The Bertz CT molecular complexity index is 604. The predicted octanol–water partition coefficient (Wildman–Crippen LogP) is 4.25. The van der Waals surface area contributed by atoms with E-state index in [1.807, 2.05) is 32.0 Å². The van der Waals surface area contributed by atoms with Gasteiger partial charge in [0.15, 0.2) is 11.6 Å². The molecule has 0 saturated carbocycles. The molecule has 0 spiro atoms. The fourth-order valence-electron chi connectivity index (χ4n) is 1.63. The van der Waals surface area contributed by atoms with Gasteiger partial charge in [-0.3, -0.25) is 0 Å². The molecule has 0 amide bonds. The van der Waals surface area contributed by atoms with E-state index in [0.29, 0.717) is 5.95 Å². The number of aryl methyl sites for hydroxylation is 1. The van der Waals surface area contributed by atoms with E-state index < -0.39 is 5.82 Å². The van der Waals surface area contributed by atoms with Crippen molar-refractivity contribution >= 4 is 33.4 Å². The quantitative estimate of drug-likeness (QED) is 0.855. The van der Waals surface area contributed by atoms with Crippen molar-refractivity contribution in [1.82, 2.24) is 9.97 Å². The monoisotopic (exact) mass is 338 g/mol. The van der Waals surface area contributed by atoms with Gasteiger partial charge < -0.3 is 10.6 Å². The highest BCUT2D eigenvalue weighted by atomic mass is 79.9. The molecule has 2 N–H and O–H groups in total. The van der Waals surface area contributed by atoms with Gasteiger partial charge in [-0.05, 0) is 31.0 Å². The molecule has 0 aliphatic heterocycles. The summed E-state index contributed by atoms with van der Waals surface area (Å²) < 4.78 is 14.7. The molecule has 0 aliphatic carbocycles. The minimum atomic E-state index is -0.480. The lowest BCUT2D eigenvalue weighted by molar-refractivity contribution is 0.619. The van der Waals surface area contributed by atoms with Crippen molar-refractivity contribution in [2.24, 2.45) is 0 Å². The zero-order valence-electron chi connectivity index (χ0n) is 11.4. The van der Waals surface area contributed by atoms with Gasteiger partial charge in [-0.25, -0.2) is 9.37 Å². The number of halogens is 2. The Morgan fingerprint density at radius 3 is 2.90 bits per heavy atom. The van der Waals surface area contributed by atoms with Gasteiger partial charge >= 0.3 is 0 Å². The molecule has 0 bridgehead atoms. The molecule has 0 aliphatic rings. The van der Waals surface area contributed by atoms with Crippen molar-refractivity contribution in [3.05, 3.63) is 40.2 Å². The summed E-state index contributed by atoms with van der Waals surface area (Å²) in [6.07, 6.45) is 2.12. The lowest BCUT2D eigenvalue weighted by atomic mass is 10.2. The Balaban J connectivity index is 2.25. The lowest BCUT2D eigenvalue weighted by Gasteiger charge is -2.11. The SMILES string of the molecule is CCCNc1ncc(F)c(Nc2cc(Br)ccc2C)n1. The number of rotatable bonds is 5. The molecule has 0 saturated heterocycles. The van der Waals surface area contributed by atoms with Crippen LogP contribution < -0.4 is 10.6 Å². The Labute approximate surface area is 126 Å². The second-order valence-electron chi connectivity index (χ2n) is 4.40. The van der Waals surface area contributed by atoms with E-state index in [-0.39, 0.29) is 5.82 Å². The summed E-state index contributed by atoms with van der Waals surface area (Å²) >= 11 is 3.40. The molecular formula is C14H16BrFN4. The molecule has 4 nitrogen and oxygen atoms in total. The van der Waals surface area contributed by atoms with E-state index in [1.54, 1.807) is 0 Å². The number of nitrogens with one attached hydrogen (secondary N) is 2. The van der Waals surface area contributed by atoms with Crippen LogP contribution in [0, 0.1) is 12.7 Å². The van der Waals surface area contributed by atoms with Crippen LogP contribution in [0.4, 0.5) is 21.8 Å². The lowest BCUT2D eigenvalue weighted by Crippen LogP contribution is -2.07. The molecule has 1 aromatic heterocycles. The number of aromatic nitrogens is 2. The van der Waals surface area contributed by atoms with Gasteiger partial charge in [0.25, 0.3) is 0 Å². The molecular weight excluding hydrogens is 323 g/mol. The van der Waals surface area contributed by atoms with Gasteiger partial charge in [-0.1, -0.05) is 28.9 Å². The molecule has 0 radical (unpaired) electrons. The van der Waals surface area contributed by atoms with E-state index in [9.17, 15) is 4.39 Å². The van der Waals surface area contributed by atoms with Crippen LogP contribution in [0.2, 0.25) is 0 Å². The molecule has 1 aromatic carbocycles. The Kier molecular flexibility index (Phi) is 4.89. The highest BCUT2D eigenvalue weighted by Crippen LogP contribution is 2.25. The Morgan fingerprint density at radius 2 is 2.15 bits per heavy atom. The summed E-state index contributed by atoms with van der Waals surface area (Å²) in [6, 6.07) is 5.77. The van der Waals surface area contributed by atoms with Crippen LogP contribution >= 0.6 is 15.9 Å². The Morgan fingerprint density at radius 1 is 1.35 bits per heavy atom. The summed E-state index contributed by atoms with van der Waals surface area (Å²) in [4.78, 5) is 8.06. The van der Waals surface area contributed by atoms with Gasteiger partial charge in [0, 0.05) is 16.7 Å². The zero-order chi connectivity index (χ0) is 14.5. The van der Waals surface area contributed by atoms with Gasteiger partial charge in [0.05, 0.1) is 6.20 Å². The van der Waals surface area contributed by atoms with E-state index >= 15 is 0 Å². The summed E-state index contributed by atoms with van der Waals surface area (Å²) in [5.74, 6) is 0.106. The van der Waals surface area contributed by atoms with Crippen LogP contribution in [0.5, 0.6) is 0 Å². The van der Waals surface area contributed by atoms with Gasteiger partial charge in [-0.15, -0.1) is 0 Å². The number of hydrogen-bond donors (Lipinski definition) is 2. The van der Waals surface area contributed by atoms with Crippen LogP contribution in [-0.2, 0) is 0 Å². The van der Waals surface area contributed by atoms with Crippen LogP contribution in [0.15, 0.2) is 28.9 Å². The smallest absolute Gasteiger partial charge is 0.224 e. The van der Waals surface area contributed by atoms with E-state index in [4.69, 9.17) is 0 Å². The second kappa shape index (κ2) is 6.65. The fraction of sp³-hybridized carbons (Fsp3) is 0.286. The van der Waals surface area contributed by atoms with Crippen molar-refractivity contribution in [3.63, 3.8) is 0 Å². The number of nitrogens with zero attached hydrogens (tertiary/aromatic N) is 2. The largest absolute Gasteiger partial charge is 0.354 e. The molecule has 0 fully saturated rings. The molecule has 0 unspecified atom stereocenters. The molecule has 106 valence electrons. The molecule has 6 heteroatoms. The first-order valence-electron chi connectivity index (χ1n) is 6.39. The predicted molar refractivity (Wildman–Crippen MR) is 82.9 cm³/mol. The van der Waals surface area contributed by atoms with E-state index in [1.165, 1.54) is 6.20 Å². The van der Waals surface area contributed by atoms with Crippen LogP contribution in [0.25, 0.3) is 0 Å². The molecule has 2 aromatic rings. The molecule has 2 rings (SSSR count). The van der Waals surface area contributed by atoms with E-state index in [0.717, 1.165) is 28.7 Å². The summed E-state index contributed by atoms with van der Waals surface area (Å²) in [5, 5.41) is 6.04. The first-order valence-corrected chi connectivity index (χ1v) is 7.19. The second-order valence-corrected chi connectivity index (χ2v) is 5.32. The Hall–Kier alpha value is -1.69. The van der Waals surface area contributed by atoms with Gasteiger partial charge in [0.2, 0.25) is 5.95 Å². The molecule has 1 heterocycles. The van der Waals surface area contributed by atoms with Crippen LogP contribution in [0.3, 0.4) is 0 Å². The van der Waals surface area contributed by atoms with Crippen LogP contribution in [0.1, 0.15) is 18.9 Å². The maximum atomic E-state index is 13.8. The maximum absolute atomic E-state index is 13.8. The van der Waals surface area contributed by atoms with Crippen molar-refractivity contribution in [2.45, 2.75) is 20.3 Å². The highest BCUT2D eigenvalue weighted by Gasteiger charge is 2.08. The highest BCUT2D eigenvalue weighted by molar-refractivity contribution is 9.10. The molecule has 20 heavy (non-hydrogen) atoms. The van der Waals surface area contributed by atoms with Crippen molar-refractivity contribution in [1.29, 1.82) is 0 Å². The normalized spacial score (nSPS) is 10.4. The topological polar surface area (TPSA) is 49.8 Å². The van der Waals surface area contributed by atoms with Crippen molar-refractivity contribution < 1.29 is 4.39 Å². The standard InChI is InChI=1S/C14H16BrFN4/c1-3-6-17-14-18-8-11(16)13(20-14)19-12-7-10(15)5-4-9(12)2/h4-5,7-8H,3,6H2,1-2H3,(H2,17,18,19,20). The summed E-state index contributed by atoms with van der Waals surface area (Å²) in [7, 11) is 0. The zero-order valence-corrected chi connectivity index (χ0v) is 13.0. The minimum Gasteiger partial charge on any atom is -0.354 e. The van der Waals surface area contributed by atoms with E-state index in [2.05, 4.69) is 36.5 Å². The summed E-state index contributed by atoms with van der Waals surface area (Å²) in [5.41, 5.74) is 1.81. The fourth-order valence-corrected chi connectivity index (χ4v) is 1.99. The summed E-state index contributed by atoms with van der Waals surface area (Å²) in [6.45, 7) is 4.74. The number of hydrogen-bond acceptors (Lipinski definition) is 4. The first kappa shape index (κ1) is 14.7. The minimum absolute atomic E-state index is 0.166.